The van der Waals surface area contributed by atoms with Crippen LogP contribution in [0.5, 0.6) is 0 Å². The molecule has 6 nitrogen and oxygen atoms in total. The molecule has 6 heteroatoms. The number of hydrogen-bond acceptors (Lipinski definition) is 3. The molecule has 122 valence electrons. The molecule has 0 unspecified atom stereocenters. The van der Waals surface area contributed by atoms with Crippen molar-refractivity contribution in [2.75, 3.05) is 5.32 Å². The SMILES string of the molecule is Cc1cc(C)cc(NC(N)=NCc2nnc3n2CCCCC3)c1. The van der Waals surface area contributed by atoms with Crippen molar-refractivity contribution < 1.29 is 0 Å². The zero-order valence-electron chi connectivity index (χ0n) is 13.8. The van der Waals surface area contributed by atoms with E-state index in [1.165, 1.54) is 30.4 Å². The molecule has 0 amide bonds. The van der Waals surface area contributed by atoms with Crippen LogP contribution in [-0.4, -0.2) is 20.7 Å². The molecule has 3 rings (SSSR count). The number of aryl methyl sites for hydroxylation is 3. The number of rotatable bonds is 3. The van der Waals surface area contributed by atoms with Crippen molar-refractivity contribution in [2.24, 2.45) is 10.7 Å². The molecular weight excluding hydrogens is 288 g/mol. The standard InChI is InChI=1S/C17H24N6/c1-12-8-13(2)10-14(9-12)20-17(18)19-11-16-22-21-15-6-4-3-5-7-23(15)16/h8-10H,3-7,11H2,1-2H3,(H3,18,19,20). The summed E-state index contributed by atoms with van der Waals surface area (Å²) >= 11 is 0. The summed E-state index contributed by atoms with van der Waals surface area (Å²) in [7, 11) is 0. The zero-order valence-corrected chi connectivity index (χ0v) is 13.8. The number of nitrogens with zero attached hydrogens (tertiary/aromatic N) is 4. The first-order valence-electron chi connectivity index (χ1n) is 8.18. The van der Waals surface area contributed by atoms with Crippen LogP contribution in [0.25, 0.3) is 0 Å². The number of guanidine groups is 1. The molecule has 2 heterocycles. The van der Waals surface area contributed by atoms with Crippen molar-refractivity contribution in [1.29, 1.82) is 0 Å². The summed E-state index contributed by atoms with van der Waals surface area (Å²) in [6.45, 7) is 5.57. The molecule has 0 atom stereocenters. The fourth-order valence-electron chi connectivity index (χ4n) is 3.05. The molecular formula is C17H24N6. The number of aromatic nitrogens is 3. The van der Waals surface area contributed by atoms with Gasteiger partial charge in [0.15, 0.2) is 11.8 Å². The third-order valence-corrected chi connectivity index (χ3v) is 4.07. The number of nitrogens with two attached hydrogens (primary N) is 1. The minimum atomic E-state index is 0.404. The fraction of sp³-hybridized carbons (Fsp3) is 0.471. The van der Waals surface area contributed by atoms with E-state index in [2.05, 4.69) is 57.1 Å². The smallest absolute Gasteiger partial charge is 0.193 e. The lowest BCUT2D eigenvalue weighted by molar-refractivity contribution is 0.606. The van der Waals surface area contributed by atoms with Crippen LogP contribution in [0.3, 0.4) is 0 Å². The van der Waals surface area contributed by atoms with Gasteiger partial charge in [-0.3, -0.25) is 0 Å². The Labute approximate surface area is 136 Å². The number of fused-ring (bicyclic) bond motifs is 1. The highest BCUT2D eigenvalue weighted by molar-refractivity contribution is 5.92. The van der Waals surface area contributed by atoms with Crippen molar-refractivity contribution in [3.63, 3.8) is 0 Å². The second-order valence-electron chi connectivity index (χ2n) is 6.20. The van der Waals surface area contributed by atoms with E-state index in [0.717, 1.165) is 30.3 Å². The number of aliphatic imine (C=N–C) groups is 1. The first-order chi connectivity index (χ1) is 11.1. The molecule has 0 saturated heterocycles. The molecule has 0 saturated carbocycles. The van der Waals surface area contributed by atoms with Crippen molar-refractivity contribution in [1.82, 2.24) is 14.8 Å². The summed E-state index contributed by atoms with van der Waals surface area (Å²) in [5.41, 5.74) is 9.37. The first kappa shape index (κ1) is 15.5. The summed E-state index contributed by atoms with van der Waals surface area (Å²) in [5, 5.41) is 11.7. The van der Waals surface area contributed by atoms with Gasteiger partial charge in [0.25, 0.3) is 0 Å². The molecule has 2 aromatic rings. The monoisotopic (exact) mass is 312 g/mol. The lowest BCUT2D eigenvalue weighted by atomic mass is 10.1. The maximum absolute atomic E-state index is 6.01. The predicted octanol–water partition coefficient (Wildman–Crippen LogP) is 2.55. The van der Waals surface area contributed by atoms with E-state index in [4.69, 9.17) is 5.73 Å². The average molecular weight is 312 g/mol. The van der Waals surface area contributed by atoms with E-state index in [1.807, 2.05) is 0 Å². The molecule has 3 N–H and O–H groups in total. The summed E-state index contributed by atoms with van der Waals surface area (Å²) in [6, 6.07) is 6.24. The Hall–Kier alpha value is -2.37. The summed E-state index contributed by atoms with van der Waals surface area (Å²) in [4.78, 5) is 4.42. The maximum atomic E-state index is 6.01. The lowest BCUT2D eigenvalue weighted by Crippen LogP contribution is -2.23. The highest BCUT2D eigenvalue weighted by Gasteiger charge is 2.14. The number of hydrogen-bond donors (Lipinski definition) is 2. The third kappa shape index (κ3) is 3.88. The average Bonchev–Trinajstić information content (AvgIpc) is 2.71. The second-order valence-corrected chi connectivity index (χ2v) is 6.20. The first-order valence-corrected chi connectivity index (χ1v) is 8.18. The van der Waals surface area contributed by atoms with Crippen molar-refractivity contribution >= 4 is 11.6 Å². The van der Waals surface area contributed by atoms with Gasteiger partial charge in [0.05, 0.1) is 0 Å². The van der Waals surface area contributed by atoms with Gasteiger partial charge in [0.1, 0.15) is 12.4 Å². The topological polar surface area (TPSA) is 81.1 Å². The van der Waals surface area contributed by atoms with Crippen molar-refractivity contribution in [3.05, 3.63) is 41.0 Å². The Bertz CT molecular complexity index is 696. The quantitative estimate of drug-likeness (QED) is 0.674. The van der Waals surface area contributed by atoms with Gasteiger partial charge in [-0.05, 0) is 49.9 Å². The number of nitrogens with one attached hydrogen (secondary N) is 1. The van der Waals surface area contributed by atoms with Gasteiger partial charge in [0, 0.05) is 18.7 Å². The van der Waals surface area contributed by atoms with Gasteiger partial charge in [-0.1, -0.05) is 12.5 Å². The van der Waals surface area contributed by atoms with Crippen molar-refractivity contribution in [2.45, 2.75) is 52.6 Å². The minimum Gasteiger partial charge on any atom is -0.370 e. The van der Waals surface area contributed by atoms with Gasteiger partial charge < -0.3 is 15.6 Å². The maximum Gasteiger partial charge on any atom is 0.193 e. The molecule has 1 aromatic heterocycles. The fourth-order valence-corrected chi connectivity index (χ4v) is 3.05. The van der Waals surface area contributed by atoms with Gasteiger partial charge in [-0.2, -0.15) is 0 Å². The molecule has 0 fully saturated rings. The van der Waals surface area contributed by atoms with Crippen LogP contribution in [0.1, 0.15) is 42.0 Å². The summed E-state index contributed by atoms with van der Waals surface area (Å²) < 4.78 is 2.20. The van der Waals surface area contributed by atoms with Crippen LogP contribution in [0.2, 0.25) is 0 Å². The molecule has 0 radical (unpaired) electrons. The van der Waals surface area contributed by atoms with E-state index in [-0.39, 0.29) is 0 Å². The lowest BCUT2D eigenvalue weighted by Gasteiger charge is -2.08. The Kier molecular flexibility index (Phi) is 4.60. The zero-order chi connectivity index (χ0) is 16.2. The highest BCUT2D eigenvalue weighted by atomic mass is 15.3. The van der Waals surface area contributed by atoms with Crippen LogP contribution in [-0.2, 0) is 19.5 Å². The number of benzene rings is 1. The molecule has 0 spiro atoms. The largest absolute Gasteiger partial charge is 0.370 e. The molecule has 0 aliphatic carbocycles. The Balaban J connectivity index is 1.69. The van der Waals surface area contributed by atoms with Crippen LogP contribution < -0.4 is 11.1 Å². The van der Waals surface area contributed by atoms with E-state index >= 15 is 0 Å². The molecule has 23 heavy (non-hydrogen) atoms. The third-order valence-electron chi connectivity index (χ3n) is 4.07. The molecule has 1 aromatic carbocycles. The highest BCUT2D eigenvalue weighted by Crippen LogP contribution is 2.15. The van der Waals surface area contributed by atoms with Gasteiger partial charge in [-0.15, -0.1) is 10.2 Å². The Morgan fingerprint density at radius 2 is 1.96 bits per heavy atom. The van der Waals surface area contributed by atoms with Crippen molar-refractivity contribution in [3.8, 4) is 0 Å². The van der Waals surface area contributed by atoms with E-state index in [0.29, 0.717) is 12.5 Å². The van der Waals surface area contributed by atoms with Gasteiger partial charge >= 0.3 is 0 Å². The summed E-state index contributed by atoms with van der Waals surface area (Å²) in [5.74, 6) is 2.38. The number of anilines is 1. The van der Waals surface area contributed by atoms with E-state index in [1.54, 1.807) is 0 Å². The normalized spacial score (nSPS) is 15.1. The molecule has 0 bridgehead atoms. The van der Waals surface area contributed by atoms with Crippen LogP contribution in [0.4, 0.5) is 5.69 Å². The van der Waals surface area contributed by atoms with E-state index in [9.17, 15) is 0 Å². The molecule has 1 aliphatic rings. The predicted molar refractivity (Wildman–Crippen MR) is 92.4 cm³/mol. The van der Waals surface area contributed by atoms with E-state index < -0.39 is 0 Å². The Morgan fingerprint density at radius 1 is 1.17 bits per heavy atom. The van der Waals surface area contributed by atoms with Gasteiger partial charge in [-0.25, -0.2) is 4.99 Å². The second kappa shape index (κ2) is 6.81. The van der Waals surface area contributed by atoms with Crippen LogP contribution in [0, 0.1) is 13.8 Å². The van der Waals surface area contributed by atoms with Crippen LogP contribution in [0.15, 0.2) is 23.2 Å². The summed E-state index contributed by atoms with van der Waals surface area (Å²) in [6.07, 6.45) is 4.63. The Morgan fingerprint density at radius 3 is 2.74 bits per heavy atom. The minimum absolute atomic E-state index is 0.404. The van der Waals surface area contributed by atoms with Crippen LogP contribution >= 0.6 is 0 Å². The molecule has 1 aliphatic heterocycles. The van der Waals surface area contributed by atoms with Gasteiger partial charge in [0.2, 0.25) is 0 Å².